The average molecular weight is 393 g/mol. The van der Waals surface area contributed by atoms with Crippen molar-refractivity contribution >= 4 is 45.8 Å². The van der Waals surface area contributed by atoms with Crippen molar-refractivity contribution in [1.29, 1.82) is 0 Å². The molecule has 3 amide bonds. The van der Waals surface area contributed by atoms with Gasteiger partial charge in [0.25, 0.3) is 17.1 Å². The molecule has 2 aromatic carbocycles. The molecule has 0 aromatic heterocycles. The van der Waals surface area contributed by atoms with Crippen LogP contribution in [0.2, 0.25) is 0 Å². The Hall–Kier alpha value is -3.06. The standard InChI is InChI=1S/C21H19N3O3S/c1-3-23(14-9-5-4-6-10-14)13-24-20(26)18(28-21(24)27)17-15-11-7-8-12-16(15)22(2)19(17)25/h4-12H,3,13H2,1-2H3. The summed E-state index contributed by atoms with van der Waals surface area (Å²) in [6.07, 6.45) is 0. The smallest absolute Gasteiger partial charge is 0.295 e. The lowest BCUT2D eigenvalue weighted by Crippen LogP contribution is -2.40. The molecule has 2 heterocycles. The Morgan fingerprint density at radius 3 is 2.32 bits per heavy atom. The van der Waals surface area contributed by atoms with E-state index in [1.807, 2.05) is 66.4 Å². The van der Waals surface area contributed by atoms with Gasteiger partial charge in [-0.1, -0.05) is 36.4 Å². The highest BCUT2D eigenvalue weighted by Crippen LogP contribution is 2.43. The first-order valence-electron chi connectivity index (χ1n) is 8.98. The summed E-state index contributed by atoms with van der Waals surface area (Å²) in [5.41, 5.74) is 2.68. The number of likely N-dealkylation sites (N-methyl/N-ethyl adjacent to an activating group) is 1. The Labute approximate surface area is 167 Å². The van der Waals surface area contributed by atoms with Crippen LogP contribution in [0.3, 0.4) is 0 Å². The summed E-state index contributed by atoms with van der Waals surface area (Å²) in [7, 11) is 1.67. The van der Waals surface area contributed by atoms with Crippen LogP contribution in [-0.4, -0.2) is 42.2 Å². The Morgan fingerprint density at radius 2 is 1.61 bits per heavy atom. The van der Waals surface area contributed by atoms with Crippen LogP contribution in [0.1, 0.15) is 12.5 Å². The molecule has 4 rings (SSSR count). The van der Waals surface area contributed by atoms with E-state index in [4.69, 9.17) is 0 Å². The molecule has 0 aliphatic carbocycles. The van der Waals surface area contributed by atoms with Gasteiger partial charge < -0.3 is 9.80 Å². The fraction of sp³-hybridized carbons (Fsp3) is 0.190. The second kappa shape index (κ2) is 7.16. The largest absolute Gasteiger partial charge is 0.353 e. The first-order valence-corrected chi connectivity index (χ1v) is 9.80. The molecule has 0 saturated carbocycles. The van der Waals surface area contributed by atoms with Crippen molar-refractivity contribution in [3.8, 4) is 0 Å². The molecule has 0 atom stereocenters. The zero-order chi connectivity index (χ0) is 19.8. The maximum Gasteiger partial charge on any atom is 0.295 e. The molecule has 0 bridgehead atoms. The molecule has 0 unspecified atom stereocenters. The molecule has 2 aliphatic heterocycles. The average Bonchev–Trinajstić information content (AvgIpc) is 3.13. The first-order chi connectivity index (χ1) is 13.5. The minimum Gasteiger partial charge on any atom is -0.353 e. The van der Waals surface area contributed by atoms with E-state index in [0.29, 0.717) is 17.7 Å². The lowest BCUT2D eigenvalue weighted by Gasteiger charge is -2.27. The van der Waals surface area contributed by atoms with Gasteiger partial charge in [0.15, 0.2) is 0 Å². The van der Waals surface area contributed by atoms with Gasteiger partial charge in [0.05, 0.1) is 16.2 Å². The third kappa shape index (κ3) is 2.88. The fourth-order valence-corrected chi connectivity index (χ4v) is 4.36. The Balaban J connectivity index is 1.68. The minimum atomic E-state index is -0.419. The van der Waals surface area contributed by atoms with Gasteiger partial charge >= 0.3 is 0 Å². The highest BCUT2D eigenvalue weighted by atomic mass is 32.2. The highest BCUT2D eigenvalue weighted by molar-refractivity contribution is 8.18. The predicted molar refractivity (Wildman–Crippen MR) is 111 cm³/mol. The topological polar surface area (TPSA) is 60.9 Å². The van der Waals surface area contributed by atoms with Crippen LogP contribution in [0.4, 0.5) is 16.2 Å². The van der Waals surface area contributed by atoms with Crippen LogP contribution in [0.15, 0.2) is 59.5 Å². The second-order valence-corrected chi connectivity index (χ2v) is 7.48. The van der Waals surface area contributed by atoms with Gasteiger partial charge in [0.2, 0.25) is 0 Å². The van der Waals surface area contributed by atoms with E-state index in [2.05, 4.69) is 0 Å². The van der Waals surface area contributed by atoms with E-state index in [1.165, 1.54) is 9.80 Å². The van der Waals surface area contributed by atoms with Crippen molar-refractivity contribution < 1.29 is 14.4 Å². The zero-order valence-electron chi connectivity index (χ0n) is 15.6. The molecule has 2 aromatic rings. The number of amides is 3. The number of carbonyl (C=O) groups is 3. The van der Waals surface area contributed by atoms with Crippen molar-refractivity contribution in [3.63, 3.8) is 0 Å². The van der Waals surface area contributed by atoms with Crippen molar-refractivity contribution in [3.05, 3.63) is 65.1 Å². The van der Waals surface area contributed by atoms with Gasteiger partial charge in [-0.3, -0.25) is 14.4 Å². The monoisotopic (exact) mass is 393 g/mol. The van der Waals surface area contributed by atoms with Crippen molar-refractivity contribution in [2.24, 2.45) is 0 Å². The molecule has 6 nitrogen and oxygen atoms in total. The number of hydrogen-bond donors (Lipinski definition) is 0. The highest BCUT2D eigenvalue weighted by Gasteiger charge is 2.43. The zero-order valence-corrected chi connectivity index (χ0v) is 16.4. The van der Waals surface area contributed by atoms with Gasteiger partial charge in [0, 0.05) is 24.8 Å². The minimum absolute atomic E-state index is 0.146. The number of anilines is 2. The quantitative estimate of drug-likeness (QED) is 0.744. The Morgan fingerprint density at radius 1 is 0.929 bits per heavy atom. The lowest BCUT2D eigenvalue weighted by molar-refractivity contribution is -0.123. The number of hydrogen-bond acceptors (Lipinski definition) is 5. The molecule has 7 heteroatoms. The number of thioether (sulfide) groups is 1. The van der Waals surface area contributed by atoms with E-state index < -0.39 is 5.91 Å². The Kier molecular flexibility index (Phi) is 4.68. The van der Waals surface area contributed by atoms with Gasteiger partial charge in [-0.2, -0.15) is 0 Å². The molecule has 2 aliphatic rings. The summed E-state index contributed by atoms with van der Waals surface area (Å²) in [5.74, 6) is -0.681. The summed E-state index contributed by atoms with van der Waals surface area (Å²) in [5, 5.41) is -0.360. The van der Waals surface area contributed by atoms with Crippen LogP contribution in [0, 0.1) is 0 Å². The number of benzene rings is 2. The molecule has 0 N–H and O–H groups in total. The van der Waals surface area contributed by atoms with E-state index >= 15 is 0 Å². The number of fused-ring (bicyclic) bond motifs is 1. The molecule has 0 radical (unpaired) electrons. The molecule has 1 saturated heterocycles. The second-order valence-electron chi connectivity index (χ2n) is 6.52. The van der Waals surface area contributed by atoms with E-state index in [-0.39, 0.29) is 22.7 Å². The molecule has 0 spiro atoms. The van der Waals surface area contributed by atoms with E-state index in [9.17, 15) is 14.4 Å². The summed E-state index contributed by atoms with van der Waals surface area (Å²) in [6.45, 7) is 2.76. The number of imide groups is 1. The van der Waals surface area contributed by atoms with Crippen LogP contribution in [0.5, 0.6) is 0 Å². The van der Waals surface area contributed by atoms with E-state index in [1.54, 1.807) is 7.05 Å². The SMILES string of the molecule is CCN(CN1C(=O)SC(=C2C(=O)N(C)c3ccccc32)C1=O)c1ccccc1. The molecule has 142 valence electrons. The number of carbonyl (C=O) groups excluding carboxylic acids is 3. The first kappa shape index (κ1) is 18.3. The van der Waals surface area contributed by atoms with Crippen LogP contribution < -0.4 is 9.80 Å². The van der Waals surface area contributed by atoms with E-state index in [0.717, 1.165) is 23.1 Å². The summed E-state index contributed by atoms with van der Waals surface area (Å²) < 4.78 is 0. The number of rotatable bonds is 4. The van der Waals surface area contributed by atoms with Crippen LogP contribution >= 0.6 is 11.8 Å². The third-order valence-electron chi connectivity index (χ3n) is 4.94. The summed E-state index contributed by atoms with van der Waals surface area (Å²) in [6, 6.07) is 16.9. The fourth-order valence-electron chi connectivity index (χ4n) is 3.43. The molecular formula is C21H19N3O3S. The molecule has 1 fully saturated rings. The van der Waals surface area contributed by atoms with Crippen LogP contribution in [0.25, 0.3) is 5.57 Å². The molecule has 28 heavy (non-hydrogen) atoms. The maximum atomic E-state index is 13.1. The van der Waals surface area contributed by atoms with Gasteiger partial charge in [0.1, 0.15) is 6.67 Å². The summed E-state index contributed by atoms with van der Waals surface area (Å²) in [4.78, 5) is 43.3. The van der Waals surface area contributed by atoms with Gasteiger partial charge in [-0.05, 0) is 36.9 Å². The van der Waals surface area contributed by atoms with Crippen LogP contribution in [-0.2, 0) is 9.59 Å². The van der Waals surface area contributed by atoms with Crippen molar-refractivity contribution in [2.75, 3.05) is 30.1 Å². The predicted octanol–water partition coefficient (Wildman–Crippen LogP) is 3.55. The number of para-hydroxylation sites is 2. The summed E-state index contributed by atoms with van der Waals surface area (Å²) >= 11 is 0.839. The third-order valence-corrected chi connectivity index (χ3v) is 5.92. The normalized spacial score (nSPS) is 18.9. The maximum absolute atomic E-state index is 13.1. The van der Waals surface area contributed by atoms with Crippen molar-refractivity contribution in [1.82, 2.24) is 4.90 Å². The number of nitrogens with zero attached hydrogens (tertiary/aromatic N) is 3. The van der Waals surface area contributed by atoms with Crippen molar-refractivity contribution in [2.45, 2.75) is 6.92 Å². The lowest BCUT2D eigenvalue weighted by atomic mass is 10.1. The van der Waals surface area contributed by atoms with Gasteiger partial charge in [-0.25, -0.2) is 4.90 Å². The Bertz CT molecular complexity index is 1000. The molecular weight excluding hydrogens is 374 g/mol. The van der Waals surface area contributed by atoms with Gasteiger partial charge in [-0.15, -0.1) is 0 Å².